The second-order valence-electron chi connectivity index (χ2n) is 5.83. The summed E-state index contributed by atoms with van der Waals surface area (Å²) in [6, 6.07) is 7.14. The van der Waals surface area contributed by atoms with Crippen LogP contribution in [0.25, 0.3) is 0 Å². The van der Waals surface area contributed by atoms with Gasteiger partial charge < -0.3 is 15.2 Å². The van der Waals surface area contributed by atoms with Crippen LogP contribution in [0.2, 0.25) is 0 Å². The van der Waals surface area contributed by atoms with Gasteiger partial charge in [0.25, 0.3) is 0 Å². The van der Waals surface area contributed by atoms with Crippen molar-refractivity contribution >= 4 is 17.6 Å². The van der Waals surface area contributed by atoms with Gasteiger partial charge in [0.05, 0.1) is 13.0 Å². The van der Waals surface area contributed by atoms with Crippen molar-refractivity contribution in [1.82, 2.24) is 0 Å². The lowest BCUT2D eigenvalue weighted by atomic mass is 9.85. The lowest BCUT2D eigenvalue weighted by Crippen LogP contribution is -2.24. The third kappa shape index (κ3) is 6.79. The molecule has 1 amide bonds. The Labute approximate surface area is 125 Å². The molecule has 2 N–H and O–H groups in total. The Hall–Kier alpha value is -2.04. The first-order valence-corrected chi connectivity index (χ1v) is 7.07. The molecule has 0 saturated carbocycles. The van der Waals surface area contributed by atoms with Crippen molar-refractivity contribution in [3.05, 3.63) is 24.3 Å². The largest absolute Gasteiger partial charge is 0.494 e. The monoisotopic (exact) mass is 293 g/mol. The normalized spacial score (nSPS) is 11.0. The van der Waals surface area contributed by atoms with Crippen molar-refractivity contribution in [2.24, 2.45) is 5.41 Å². The zero-order chi connectivity index (χ0) is 15.9. The van der Waals surface area contributed by atoms with Gasteiger partial charge in [-0.2, -0.15) is 0 Å². The van der Waals surface area contributed by atoms with Gasteiger partial charge in [0.2, 0.25) is 5.91 Å². The van der Waals surface area contributed by atoms with Crippen molar-refractivity contribution < 1.29 is 19.4 Å². The van der Waals surface area contributed by atoms with E-state index in [4.69, 9.17) is 9.84 Å². The predicted molar refractivity (Wildman–Crippen MR) is 81.5 cm³/mol. The molecular weight excluding hydrogens is 270 g/mol. The van der Waals surface area contributed by atoms with E-state index in [2.05, 4.69) is 5.32 Å². The number of aliphatic carboxylic acids is 1. The zero-order valence-corrected chi connectivity index (χ0v) is 12.8. The van der Waals surface area contributed by atoms with Crippen LogP contribution in [0.3, 0.4) is 0 Å². The van der Waals surface area contributed by atoms with E-state index in [9.17, 15) is 9.59 Å². The van der Waals surface area contributed by atoms with E-state index >= 15 is 0 Å². The van der Waals surface area contributed by atoms with Gasteiger partial charge in [0, 0.05) is 12.1 Å². The summed E-state index contributed by atoms with van der Waals surface area (Å²) in [7, 11) is 0. The van der Waals surface area contributed by atoms with Gasteiger partial charge in [-0.25, -0.2) is 0 Å². The molecule has 0 aliphatic heterocycles. The summed E-state index contributed by atoms with van der Waals surface area (Å²) in [5.74, 6) is -0.324. The molecule has 0 heterocycles. The Bertz CT molecular complexity index is 480. The Balaban J connectivity index is 2.52. The number of hydrogen-bond donors (Lipinski definition) is 2. The summed E-state index contributed by atoms with van der Waals surface area (Å²) >= 11 is 0. The molecule has 1 aromatic carbocycles. The van der Waals surface area contributed by atoms with Crippen LogP contribution in [-0.4, -0.2) is 23.6 Å². The molecule has 1 rings (SSSR count). The summed E-state index contributed by atoms with van der Waals surface area (Å²) in [6.07, 6.45) is 1.06. The van der Waals surface area contributed by atoms with E-state index in [0.717, 1.165) is 12.2 Å². The fourth-order valence-corrected chi connectivity index (χ4v) is 1.97. The quantitative estimate of drug-likeness (QED) is 0.771. The third-order valence-corrected chi connectivity index (χ3v) is 2.88. The number of anilines is 1. The van der Waals surface area contributed by atoms with Crippen molar-refractivity contribution in [3.8, 4) is 5.75 Å². The molecule has 1 aromatic rings. The number of amides is 1. The molecular formula is C16H23NO4. The van der Waals surface area contributed by atoms with Crippen LogP contribution in [0.1, 0.15) is 40.0 Å². The zero-order valence-electron chi connectivity index (χ0n) is 12.8. The van der Waals surface area contributed by atoms with Gasteiger partial charge in [-0.1, -0.05) is 20.8 Å². The molecule has 0 fully saturated rings. The van der Waals surface area contributed by atoms with Gasteiger partial charge in [-0.15, -0.1) is 0 Å². The second kappa shape index (κ2) is 7.67. The van der Waals surface area contributed by atoms with Crippen LogP contribution >= 0.6 is 0 Å². The number of carbonyl (C=O) groups is 2. The summed E-state index contributed by atoms with van der Waals surface area (Å²) in [6.45, 7) is 6.23. The second-order valence-corrected chi connectivity index (χ2v) is 5.83. The molecule has 0 spiro atoms. The molecule has 0 atom stereocenters. The minimum absolute atomic E-state index is 0.0375. The summed E-state index contributed by atoms with van der Waals surface area (Å²) in [5.41, 5.74) is 0.107. The maximum Gasteiger partial charge on any atom is 0.303 e. The van der Waals surface area contributed by atoms with Gasteiger partial charge >= 0.3 is 5.97 Å². The van der Waals surface area contributed by atoms with E-state index < -0.39 is 11.4 Å². The van der Waals surface area contributed by atoms with E-state index in [1.54, 1.807) is 38.1 Å². The van der Waals surface area contributed by atoms with Crippen molar-refractivity contribution in [2.75, 3.05) is 11.9 Å². The molecule has 0 aliphatic carbocycles. The molecule has 0 unspecified atom stereocenters. The highest BCUT2D eigenvalue weighted by molar-refractivity contribution is 5.91. The Morgan fingerprint density at radius 3 is 2.33 bits per heavy atom. The number of ether oxygens (including phenoxy) is 1. The summed E-state index contributed by atoms with van der Waals surface area (Å²) in [5, 5.41) is 11.6. The number of rotatable bonds is 8. The van der Waals surface area contributed by atoms with Crippen LogP contribution in [0.4, 0.5) is 5.69 Å². The van der Waals surface area contributed by atoms with E-state index in [1.165, 1.54) is 0 Å². The predicted octanol–water partition coefficient (Wildman–Crippen LogP) is 3.30. The first-order chi connectivity index (χ1) is 9.82. The van der Waals surface area contributed by atoms with Gasteiger partial charge in [0.1, 0.15) is 5.75 Å². The summed E-state index contributed by atoms with van der Waals surface area (Å²) in [4.78, 5) is 22.7. The van der Waals surface area contributed by atoms with Crippen molar-refractivity contribution in [1.29, 1.82) is 0 Å². The van der Waals surface area contributed by atoms with Crippen LogP contribution in [0.5, 0.6) is 5.75 Å². The fourth-order valence-electron chi connectivity index (χ4n) is 1.97. The average Bonchev–Trinajstić information content (AvgIpc) is 2.35. The third-order valence-electron chi connectivity index (χ3n) is 2.88. The summed E-state index contributed by atoms with van der Waals surface area (Å²) < 4.78 is 5.46. The molecule has 5 nitrogen and oxygen atoms in total. The number of hydrogen-bond acceptors (Lipinski definition) is 3. The van der Waals surface area contributed by atoms with E-state index in [1.807, 2.05) is 6.92 Å². The molecule has 116 valence electrons. The standard InChI is InChI=1S/C16H23NO4/c1-4-9-21-13-7-5-12(6-8-13)17-14(18)10-16(2,3)11-15(19)20/h5-8H,4,9-11H2,1-3H3,(H,17,18)(H,19,20). The van der Waals surface area contributed by atoms with Gasteiger partial charge in [-0.05, 0) is 36.1 Å². The van der Waals surface area contributed by atoms with Crippen LogP contribution in [-0.2, 0) is 9.59 Å². The molecule has 0 radical (unpaired) electrons. The smallest absolute Gasteiger partial charge is 0.303 e. The van der Waals surface area contributed by atoms with Crippen LogP contribution < -0.4 is 10.1 Å². The maximum atomic E-state index is 11.9. The van der Waals surface area contributed by atoms with Gasteiger partial charge in [0.15, 0.2) is 0 Å². The van der Waals surface area contributed by atoms with E-state index in [0.29, 0.717) is 12.3 Å². The number of nitrogens with one attached hydrogen (secondary N) is 1. The molecule has 21 heavy (non-hydrogen) atoms. The lowest BCUT2D eigenvalue weighted by Gasteiger charge is -2.21. The Morgan fingerprint density at radius 1 is 1.19 bits per heavy atom. The number of carboxylic acid groups (broad SMARTS) is 1. The molecule has 5 heteroatoms. The highest BCUT2D eigenvalue weighted by atomic mass is 16.5. The highest BCUT2D eigenvalue weighted by Crippen LogP contribution is 2.26. The minimum Gasteiger partial charge on any atom is -0.494 e. The van der Waals surface area contributed by atoms with Crippen molar-refractivity contribution in [3.63, 3.8) is 0 Å². The molecule has 0 bridgehead atoms. The molecule has 0 aromatic heterocycles. The first-order valence-electron chi connectivity index (χ1n) is 7.07. The minimum atomic E-state index is -0.898. The Morgan fingerprint density at radius 2 is 1.81 bits per heavy atom. The highest BCUT2D eigenvalue weighted by Gasteiger charge is 2.25. The average molecular weight is 293 g/mol. The van der Waals surface area contributed by atoms with E-state index in [-0.39, 0.29) is 18.7 Å². The molecule has 0 aliphatic rings. The molecule has 0 saturated heterocycles. The van der Waals surface area contributed by atoms with Gasteiger partial charge in [-0.3, -0.25) is 9.59 Å². The van der Waals surface area contributed by atoms with Crippen molar-refractivity contribution in [2.45, 2.75) is 40.0 Å². The maximum absolute atomic E-state index is 11.9. The van der Waals surface area contributed by atoms with Crippen LogP contribution in [0, 0.1) is 5.41 Å². The first kappa shape index (κ1) is 17.0. The van der Waals surface area contributed by atoms with Crippen LogP contribution in [0.15, 0.2) is 24.3 Å². The number of benzene rings is 1. The lowest BCUT2D eigenvalue weighted by molar-refractivity contribution is -0.139. The SMILES string of the molecule is CCCOc1ccc(NC(=O)CC(C)(C)CC(=O)O)cc1. The topological polar surface area (TPSA) is 75.6 Å². The fraction of sp³-hybridized carbons (Fsp3) is 0.500. The number of carboxylic acids is 1. The Kier molecular flexibility index (Phi) is 6.21. The number of carbonyl (C=O) groups excluding carboxylic acids is 1.